The Morgan fingerprint density at radius 1 is 1.54 bits per heavy atom. The number of hydrogen-bond donors (Lipinski definition) is 1. The highest BCUT2D eigenvalue weighted by Crippen LogP contribution is 1.99. The Morgan fingerprint density at radius 2 is 2.38 bits per heavy atom. The van der Waals surface area contributed by atoms with Crippen molar-refractivity contribution in [3.05, 3.63) is 28.9 Å². The van der Waals surface area contributed by atoms with E-state index in [4.69, 9.17) is 5.11 Å². The summed E-state index contributed by atoms with van der Waals surface area (Å²) in [7, 11) is 0. The van der Waals surface area contributed by atoms with Gasteiger partial charge in [-0.2, -0.15) is 0 Å². The van der Waals surface area contributed by atoms with E-state index in [2.05, 4.69) is 14.8 Å². The molecule has 2 heterocycles. The molecule has 0 saturated carbocycles. The van der Waals surface area contributed by atoms with Gasteiger partial charge in [0, 0.05) is 6.20 Å². The van der Waals surface area contributed by atoms with Crippen molar-refractivity contribution in [3.8, 4) is 0 Å². The average Bonchev–Trinajstić information content (AvgIpc) is 2.17. The van der Waals surface area contributed by atoms with Crippen molar-refractivity contribution < 1.29 is 19.7 Å². The van der Waals surface area contributed by atoms with Crippen LogP contribution < -0.4 is 10.6 Å². The summed E-state index contributed by atoms with van der Waals surface area (Å²) in [5.74, 6) is -1.42. The van der Waals surface area contributed by atoms with E-state index in [1.54, 1.807) is 18.3 Å². The Morgan fingerprint density at radius 3 is 3.15 bits per heavy atom. The first-order chi connectivity index (χ1) is 6.29. The molecule has 5 nitrogen and oxygen atoms in total. The van der Waals surface area contributed by atoms with Gasteiger partial charge in [0.05, 0.1) is 5.22 Å². The molecular weight excluding hydrogens is 174 g/mol. The molecule has 0 unspecified atom stereocenters. The third-order valence-electron chi connectivity index (χ3n) is 1.57. The number of nitrogens with zero attached hydrogens (tertiary/aromatic N) is 1. The molecule has 0 bridgehead atoms. The molecule has 0 radical (unpaired) electrons. The number of aromatic nitrogens is 1. The maximum atomic E-state index is 10.6. The smallest absolute Gasteiger partial charge is 0.377 e. The fraction of sp³-hybridized carbons (Fsp3) is 0. The van der Waals surface area contributed by atoms with Crippen LogP contribution in [0.25, 0.3) is 12.0 Å². The van der Waals surface area contributed by atoms with Crippen LogP contribution in [0.2, 0.25) is 0 Å². The molecule has 0 aromatic carbocycles. The third-order valence-corrected chi connectivity index (χ3v) is 1.57. The summed E-state index contributed by atoms with van der Waals surface area (Å²) < 4.78 is 0. The van der Waals surface area contributed by atoms with Gasteiger partial charge in [-0.3, -0.25) is 14.8 Å². The lowest BCUT2D eigenvalue weighted by Gasteiger charge is -2.06. The minimum absolute atomic E-state index is 0.245. The van der Waals surface area contributed by atoms with Crippen LogP contribution in [0.5, 0.6) is 0 Å². The van der Waals surface area contributed by atoms with Crippen LogP contribution >= 0.6 is 0 Å². The van der Waals surface area contributed by atoms with Gasteiger partial charge in [0.1, 0.15) is 5.35 Å². The lowest BCUT2D eigenvalue weighted by molar-refractivity contribution is -0.175. The lowest BCUT2D eigenvalue weighted by Crippen LogP contribution is -2.35. The molecule has 1 aromatic rings. The summed E-state index contributed by atoms with van der Waals surface area (Å²) in [6.07, 6.45) is 2.80. The van der Waals surface area contributed by atoms with Crippen molar-refractivity contribution in [3.63, 3.8) is 0 Å². The number of aliphatic carboxylic acids is 1. The van der Waals surface area contributed by atoms with Crippen molar-refractivity contribution in [2.24, 2.45) is 0 Å². The van der Waals surface area contributed by atoms with E-state index in [1.807, 2.05) is 0 Å². The summed E-state index contributed by atoms with van der Waals surface area (Å²) in [5.41, 5.74) is 0. The molecule has 2 rings (SSSR count). The zero-order chi connectivity index (χ0) is 9.26. The Bertz CT molecular complexity index is 465. The molecule has 0 spiro atoms. The highest BCUT2D eigenvalue weighted by molar-refractivity contribution is 6.05. The van der Waals surface area contributed by atoms with Crippen LogP contribution in [0.15, 0.2) is 18.3 Å². The van der Waals surface area contributed by atoms with Gasteiger partial charge in [0.15, 0.2) is 6.26 Å². The molecule has 0 aliphatic carbocycles. The quantitative estimate of drug-likeness (QED) is 0.558. The van der Waals surface area contributed by atoms with Crippen molar-refractivity contribution in [1.29, 1.82) is 0 Å². The van der Waals surface area contributed by atoms with Crippen molar-refractivity contribution in [1.82, 2.24) is 4.98 Å². The maximum absolute atomic E-state index is 10.6. The number of carbonyl (C=O) groups is 1. The zero-order valence-electron chi connectivity index (χ0n) is 6.43. The number of fused-ring (bicyclic) bond motifs is 1. The number of carboxylic acids is 1. The zero-order valence-corrected chi connectivity index (χ0v) is 6.43. The van der Waals surface area contributed by atoms with Gasteiger partial charge >= 0.3 is 5.97 Å². The standard InChI is InChI=1S/C8H5NO4/c10-8(11)7-5-2-1-3-9-6(5)4-12-13-7/h1-4H,(H,10,11). The van der Waals surface area contributed by atoms with Crippen LogP contribution in [-0.2, 0) is 14.6 Å². The van der Waals surface area contributed by atoms with E-state index in [9.17, 15) is 4.79 Å². The molecule has 13 heavy (non-hydrogen) atoms. The molecule has 0 amide bonds. The molecule has 66 valence electrons. The van der Waals surface area contributed by atoms with E-state index in [1.165, 1.54) is 6.26 Å². The van der Waals surface area contributed by atoms with E-state index in [0.717, 1.165) is 0 Å². The van der Waals surface area contributed by atoms with Crippen LogP contribution in [0, 0.1) is 0 Å². The maximum Gasteiger partial charge on any atom is 0.377 e. The van der Waals surface area contributed by atoms with E-state index >= 15 is 0 Å². The molecule has 1 aliphatic heterocycles. The molecule has 1 aliphatic rings. The molecule has 5 heteroatoms. The first-order valence-corrected chi connectivity index (χ1v) is 3.51. The number of carboxylic acid groups (broad SMARTS) is 1. The van der Waals surface area contributed by atoms with Gasteiger partial charge in [0.25, 0.3) is 5.76 Å². The van der Waals surface area contributed by atoms with E-state index < -0.39 is 5.97 Å². The Hall–Kier alpha value is -2.04. The predicted molar refractivity (Wildman–Crippen MR) is 41.2 cm³/mol. The Kier molecular flexibility index (Phi) is 1.63. The Labute approximate surface area is 72.5 Å². The molecule has 1 N–H and O–H groups in total. The number of hydrogen-bond acceptors (Lipinski definition) is 4. The number of rotatable bonds is 1. The van der Waals surface area contributed by atoms with Crippen molar-refractivity contribution in [2.45, 2.75) is 0 Å². The summed E-state index contributed by atoms with van der Waals surface area (Å²) in [5, 5.41) is 9.57. The fourth-order valence-electron chi connectivity index (χ4n) is 1.02. The number of pyridine rings is 1. The van der Waals surface area contributed by atoms with Crippen LogP contribution in [-0.4, -0.2) is 16.1 Å². The van der Waals surface area contributed by atoms with Crippen LogP contribution in [0.3, 0.4) is 0 Å². The molecule has 0 saturated heterocycles. The predicted octanol–water partition coefficient (Wildman–Crippen LogP) is -1.03. The summed E-state index contributed by atoms with van der Waals surface area (Å²) in [6.45, 7) is 0. The van der Waals surface area contributed by atoms with Gasteiger partial charge in [-0.1, -0.05) is 0 Å². The van der Waals surface area contributed by atoms with Gasteiger partial charge in [-0.25, -0.2) is 4.79 Å². The second kappa shape index (κ2) is 2.78. The minimum atomic E-state index is -1.18. The van der Waals surface area contributed by atoms with E-state index in [0.29, 0.717) is 10.6 Å². The topological polar surface area (TPSA) is 68.7 Å². The minimum Gasteiger partial charge on any atom is -0.475 e. The Balaban J connectivity index is 2.83. The van der Waals surface area contributed by atoms with Gasteiger partial charge in [-0.15, -0.1) is 0 Å². The summed E-state index contributed by atoms with van der Waals surface area (Å²) in [6, 6.07) is 3.23. The van der Waals surface area contributed by atoms with Gasteiger partial charge < -0.3 is 5.11 Å². The highest BCUT2D eigenvalue weighted by atomic mass is 17.2. The van der Waals surface area contributed by atoms with Gasteiger partial charge in [-0.05, 0) is 12.1 Å². The molecule has 0 atom stereocenters. The fourth-order valence-corrected chi connectivity index (χ4v) is 1.02. The molecular formula is C8H5NO4. The first kappa shape index (κ1) is 7.60. The molecule has 1 aromatic heterocycles. The monoisotopic (exact) mass is 179 g/mol. The van der Waals surface area contributed by atoms with Crippen LogP contribution in [0.1, 0.15) is 0 Å². The molecule has 0 fully saturated rings. The van der Waals surface area contributed by atoms with Crippen molar-refractivity contribution >= 4 is 18.0 Å². The SMILES string of the molecule is O=C(O)C1=c2cccnc2=COO1. The summed E-state index contributed by atoms with van der Waals surface area (Å²) >= 11 is 0. The summed E-state index contributed by atoms with van der Waals surface area (Å²) in [4.78, 5) is 23.5. The largest absolute Gasteiger partial charge is 0.475 e. The first-order valence-electron chi connectivity index (χ1n) is 3.51. The van der Waals surface area contributed by atoms with Crippen molar-refractivity contribution in [2.75, 3.05) is 0 Å². The second-order valence-electron chi connectivity index (χ2n) is 2.37. The van der Waals surface area contributed by atoms with Gasteiger partial charge in [0.2, 0.25) is 0 Å². The third kappa shape index (κ3) is 1.20. The normalized spacial score (nSPS) is 13.4. The lowest BCUT2D eigenvalue weighted by atomic mass is 10.3. The second-order valence-corrected chi connectivity index (χ2v) is 2.37. The average molecular weight is 179 g/mol. The highest BCUT2D eigenvalue weighted by Gasteiger charge is 2.15. The van der Waals surface area contributed by atoms with Crippen LogP contribution in [0.4, 0.5) is 0 Å². The van der Waals surface area contributed by atoms with E-state index in [-0.39, 0.29) is 5.76 Å².